The summed E-state index contributed by atoms with van der Waals surface area (Å²) < 4.78 is 16.9. The van der Waals surface area contributed by atoms with Crippen molar-refractivity contribution in [2.75, 3.05) is 13.2 Å². The van der Waals surface area contributed by atoms with Crippen molar-refractivity contribution in [3.63, 3.8) is 0 Å². The standard InChI is InChI=1S/C74H130O6/c1-4-7-10-13-16-19-22-25-27-29-31-32-33-34-35-36-37-38-39-40-41-42-43-45-46-49-52-55-58-61-64-67-73(76)79-70-71(69-78-72(75)66-63-60-57-54-51-48-24-21-18-15-12-9-6-3)80-74(77)68-65-62-59-56-53-50-47-44-30-28-26-23-20-17-14-11-8-5-2/h7,9-10,12,16,18-19,21,25,27,31-32,48,51,71H,4-6,8,11,13-15,17,20,22-24,26,28-30,33-47,49-50,52-70H2,1-3H3/b10-7-,12-9-,19-16-,21-18-,27-25-,32-31-,51-48-. The van der Waals surface area contributed by atoms with E-state index in [4.69, 9.17) is 14.2 Å². The molecule has 0 aromatic rings. The van der Waals surface area contributed by atoms with Crippen molar-refractivity contribution in [2.45, 2.75) is 354 Å². The van der Waals surface area contributed by atoms with Crippen molar-refractivity contribution in [1.82, 2.24) is 0 Å². The van der Waals surface area contributed by atoms with E-state index in [2.05, 4.69) is 106 Å². The monoisotopic (exact) mass is 1110 g/mol. The Labute approximate surface area is 496 Å². The summed E-state index contributed by atoms with van der Waals surface area (Å²) >= 11 is 0. The summed E-state index contributed by atoms with van der Waals surface area (Å²) in [5.41, 5.74) is 0. The summed E-state index contributed by atoms with van der Waals surface area (Å²) in [5.74, 6) is -0.891. The number of ether oxygens (including phenoxy) is 3. The number of hydrogen-bond donors (Lipinski definition) is 0. The van der Waals surface area contributed by atoms with Crippen LogP contribution in [0.4, 0.5) is 0 Å². The molecule has 0 radical (unpaired) electrons. The van der Waals surface area contributed by atoms with Crippen LogP contribution in [0.2, 0.25) is 0 Å². The molecule has 0 bridgehead atoms. The fraction of sp³-hybridized carbons (Fsp3) is 0.770. The van der Waals surface area contributed by atoms with E-state index in [1.165, 1.54) is 199 Å². The molecule has 0 fully saturated rings. The minimum atomic E-state index is -0.786. The minimum absolute atomic E-state index is 0.0808. The van der Waals surface area contributed by atoms with E-state index in [-0.39, 0.29) is 31.1 Å². The van der Waals surface area contributed by atoms with Crippen molar-refractivity contribution >= 4 is 17.9 Å². The van der Waals surface area contributed by atoms with Crippen molar-refractivity contribution in [2.24, 2.45) is 0 Å². The molecule has 462 valence electrons. The van der Waals surface area contributed by atoms with Crippen LogP contribution in [0.3, 0.4) is 0 Å². The van der Waals surface area contributed by atoms with Crippen LogP contribution >= 0.6 is 0 Å². The molecule has 1 atom stereocenters. The lowest BCUT2D eigenvalue weighted by Crippen LogP contribution is -2.30. The Kier molecular flexibility index (Phi) is 65.2. The van der Waals surface area contributed by atoms with Gasteiger partial charge in [-0.05, 0) is 89.9 Å². The lowest BCUT2D eigenvalue weighted by molar-refractivity contribution is -0.167. The second-order valence-corrected chi connectivity index (χ2v) is 23.0. The highest BCUT2D eigenvalue weighted by molar-refractivity contribution is 5.71. The molecule has 0 aromatic heterocycles. The van der Waals surface area contributed by atoms with E-state index in [1.807, 2.05) is 0 Å². The summed E-state index contributed by atoms with van der Waals surface area (Å²) in [6.07, 6.45) is 90.5. The molecule has 0 aliphatic heterocycles. The second-order valence-electron chi connectivity index (χ2n) is 23.0. The molecule has 0 spiro atoms. The highest BCUT2D eigenvalue weighted by Gasteiger charge is 2.19. The Morgan fingerprint density at radius 2 is 0.487 bits per heavy atom. The Morgan fingerprint density at radius 3 is 0.775 bits per heavy atom. The normalized spacial score (nSPS) is 12.6. The molecule has 0 heterocycles. The molecule has 6 heteroatoms. The first-order valence-corrected chi connectivity index (χ1v) is 34.6. The summed E-state index contributed by atoms with van der Waals surface area (Å²) in [5, 5.41) is 0. The third kappa shape index (κ3) is 65.4. The zero-order valence-corrected chi connectivity index (χ0v) is 53.1. The van der Waals surface area contributed by atoms with Crippen LogP contribution in [-0.4, -0.2) is 37.2 Å². The maximum Gasteiger partial charge on any atom is 0.306 e. The van der Waals surface area contributed by atoms with Gasteiger partial charge in [-0.15, -0.1) is 0 Å². The molecule has 0 aromatic carbocycles. The number of rotatable bonds is 63. The van der Waals surface area contributed by atoms with Crippen LogP contribution < -0.4 is 0 Å². The maximum atomic E-state index is 12.9. The van der Waals surface area contributed by atoms with Gasteiger partial charge in [0.2, 0.25) is 0 Å². The molecule has 0 aliphatic rings. The molecular formula is C74H130O6. The van der Waals surface area contributed by atoms with Gasteiger partial charge in [-0.25, -0.2) is 0 Å². The van der Waals surface area contributed by atoms with Crippen LogP contribution in [0.1, 0.15) is 348 Å². The average molecular weight is 1120 g/mol. The van der Waals surface area contributed by atoms with Crippen LogP contribution in [0.25, 0.3) is 0 Å². The molecule has 0 amide bonds. The smallest absolute Gasteiger partial charge is 0.306 e. The van der Waals surface area contributed by atoms with E-state index in [0.717, 1.165) is 109 Å². The van der Waals surface area contributed by atoms with E-state index in [9.17, 15) is 14.4 Å². The Balaban J connectivity index is 4.19. The molecule has 80 heavy (non-hydrogen) atoms. The summed E-state index contributed by atoms with van der Waals surface area (Å²) in [7, 11) is 0. The molecule has 0 N–H and O–H groups in total. The molecule has 0 rings (SSSR count). The third-order valence-electron chi connectivity index (χ3n) is 15.1. The Hall–Kier alpha value is -3.41. The number of hydrogen-bond acceptors (Lipinski definition) is 6. The van der Waals surface area contributed by atoms with Crippen LogP contribution in [0.5, 0.6) is 0 Å². The van der Waals surface area contributed by atoms with Gasteiger partial charge in [0.15, 0.2) is 6.10 Å². The van der Waals surface area contributed by atoms with Gasteiger partial charge in [-0.3, -0.25) is 14.4 Å². The SMILES string of the molecule is CC/C=C\C/C=C\C/C=C\C/C=C\CCCCCCCCCCCCCCCCCCCCC(=O)OCC(COC(=O)CCCCC/C=C\C/C=C\C/C=C\CC)OC(=O)CCCCCCCCCCCCCCCCCCCC. The van der Waals surface area contributed by atoms with E-state index in [1.54, 1.807) is 0 Å². The Morgan fingerprint density at radius 1 is 0.263 bits per heavy atom. The topological polar surface area (TPSA) is 78.9 Å². The van der Waals surface area contributed by atoms with Crippen molar-refractivity contribution < 1.29 is 28.6 Å². The van der Waals surface area contributed by atoms with Gasteiger partial charge in [0.05, 0.1) is 0 Å². The first kappa shape index (κ1) is 76.6. The van der Waals surface area contributed by atoms with Gasteiger partial charge >= 0.3 is 17.9 Å². The molecule has 1 unspecified atom stereocenters. The average Bonchev–Trinajstić information content (AvgIpc) is 3.46. The number of esters is 3. The number of carbonyl (C=O) groups is 3. The van der Waals surface area contributed by atoms with Crippen LogP contribution in [-0.2, 0) is 28.6 Å². The zero-order chi connectivity index (χ0) is 57.8. The summed E-state index contributed by atoms with van der Waals surface area (Å²) in [4.78, 5) is 38.4. The molecule has 6 nitrogen and oxygen atoms in total. The van der Waals surface area contributed by atoms with Crippen LogP contribution in [0.15, 0.2) is 85.1 Å². The van der Waals surface area contributed by atoms with Gasteiger partial charge in [-0.2, -0.15) is 0 Å². The number of carbonyl (C=O) groups excluding carboxylic acids is 3. The van der Waals surface area contributed by atoms with E-state index < -0.39 is 6.10 Å². The van der Waals surface area contributed by atoms with Gasteiger partial charge < -0.3 is 14.2 Å². The minimum Gasteiger partial charge on any atom is -0.462 e. The number of allylic oxidation sites excluding steroid dienone is 14. The molecule has 0 aliphatic carbocycles. The van der Waals surface area contributed by atoms with Gasteiger partial charge in [-0.1, -0.05) is 324 Å². The van der Waals surface area contributed by atoms with E-state index >= 15 is 0 Å². The predicted molar refractivity (Wildman–Crippen MR) is 348 cm³/mol. The highest BCUT2D eigenvalue weighted by Crippen LogP contribution is 2.18. The lowest BCUT2D eigenvalue weighted by atomic mass is 10.0. The molecular weight excluding hydrogens is 985 g/mol. The summed E-state index contributed by atoms with van der Waals surface area (Å²) in [6.45, 7) is 6.44. The molecule has 0 saturated carbocycles. The fourth-order valence-corrected chi connectivity index (χ4v) is 10.0. The highest BCUT2D eigenvalue weighted by atomic mass is 16.6. The van der Waals surface area contributed by atoms with Crippen LogP contribution in [0, 0.1) is 0 Å². The first-order chi connectivity index (χ1) is 39.5. The summed E-state index contributed by atoms with van der Waals surface area (Å²) in [6, 6.07) is 0. The zero-order valence-electron chi connectivity index (χ0n) is 53.1. The second kappa shape index (κ2) is 68.1. The largest absolute Gasteiger partial charge is 0.462 e. The van der Waals surface area contributed by atoms with Crippen molar-refractivity contribution in [1.29, 1.82) is 0 Å². The van der Waals surface area contributed by atoms with E-state index in [0.29, 0.717) is 19.3 Å². The van der Waals surface area contributed by atoms with Crippen molar-refractivity contribution in [3.8, 4) is 0 Å². The number of unbranched alkanes of at least 4 members (excludes halogenated alkanes) is 38. The van der Waals surface area contributed by atoms with Gasteiger partial charge in [0.1, 0.15) is 13.2 Å². The molecule has 0 saturated heterocycles. The lowest BCUT2D eigenvalue weighted by Gasteiger charge is -2.18. The maximum absolute atomic E-state index is 12.9. The fourth-order valence-electron chi connectivity index (χ4n) is 10.0. The Bertz CT molecular complexity index is 1520. The third-order valence-corrected chi connectivity index (χ3v) is 15.1. The van der Waals surface area contributed by atoms with Gasteiger partial charge in [0.25, 0.3) is 0 Å². The van der Waals surface area contributed by atoms with Crippen molar-refractivity contribution in [3.05, 3.63) is 85.1 Å². The predicted octanol–water partition coefficient (Wildman–Crippen LogP) is 23.8. The van der Waals surface area contributed by atoms with Gasteiger partial charge in [0, 0.05) is 19.3 Å². The quantitative estimate of drug-likeness (QED) is 0.0261. The first-order valence-electron chi connectivity index (χ1n) is 34.6.